The van der Waals surface area contributed by atoms with E-state index in [0.717, 1.165) is 11.1 Å². The Balaban J connectivity index is 1.73. The molecule has 1 amide bonds. The topological polar surface area (TPSA) is 89.3 Å². The fourth-order valence-corrected chi connectivity index (χ4v) is 3.72. The normalized spacial score (nSPS) is 15.3. The second-order valence-electron chi connectivity index (χ2n) is 6.80. The molecule has 0 saturated carbocycles. The van der Waals surface area contributed by atoms with Gasteiger partial charge in [0.15, 0.2) is 5.78 Å². The van der Waals surface area contributed by atoms with Crippen molar-refractivity contribution in [2.75, 3.05) is 5.32 Å². The van der Waals surface area contributed by atoms with Gasteiger partial charge in [-0.05, 0) is 53.6 Å². The van der Waals surface area contributed by atoms with Gasteiger partial charge in [0.2, 0.25) is 5.91 Å². The molecule has 3 aromatic rings. The number of nitrogens with one attached hydrogen (secondary N) is 1. The van der Waals surface area contributed by atoms with Crippen molar-refractivity contribution >= 4 is 34.7 Å². The van der Waals surface area contributed by atoms with E-state index in [-0.39, 0.29) is 29.7 Å². The highest BCUT2D eigenvalue weighted by molar-refractivity contribution is 6.30. The summed E-state index contributed by atoms with van der Waals surface area (Å²) in [5, 5.41) is 14.2. The first-order chi connectivity index (χ1) is 13.9. The van der Waals surface area contributed by atoms with Crippen molar-refractivity contribution in [2.45, 2.75) is 12.3 Å². The number of carbonyl (C=O) groups is 2. The standard InChI is InChI=1S/C22H15ClN2O4/c23-16-3-1-2-14(10-16)18-12-21(26)24-20-9-6-15(11-19(18)20)22(27)13-4-7-17(8-5-13)25(28)29/h1-11,18H,12H2,(H,24,26). The maximum Gasteiger partial charge on any atom is 0.269 e. The third-order valence-electron chi connectivity index (χ3n) is 4.94. The largest absolute Gasteiger partial charge is 0.326 e. The molecule has 0 bridgehead atoms. The molecule has 144 valence electrons. The van der Waals surface area contributed by atoms with Crippen LogP contribution in [0.1, 0.15) is 39.4 Å². The van der Waals surface area contributed by atoms with Crippen molar-refractivity contribution in [1.29, 1.82) is 0 Å². The monoisotopic (exact) mass is 406 g/mol. The van der Waals surface area contributed by atoms with Gasteiger partial charge in [0.1, 0.15) is 0 Å². The molecule has 0 saturated heterocycles. The zero-order chi connectivity index (χ0) is 20.5. The smallest absolute Gasteiger partial charge is 0.269 e. The summed E-state index contributed by atoms with van der Waals surface area (Å²) >= 11 is 6.12. The second kappa shape index (κ2) is 7.48. The average Bonchev–Trinajstić information content (AvgIpc) is 2.72. The molecule has 1 N–H and O–H groups in total. The van der Waals surface area contributed by atoms with Gasteiger partial charge in [-0.3, -0.25) is 19.7 Å². The van der Waals surface area contributed by atoms with E-state index in [1.807, 2.05) is 18.2 Å². The molecule has 0 aliphatic carbocycles. The maximum atomic E-state index is 12.9. The number of hydrogen-bond acceptors (Lipinski definition) is 4. The Labute approximate surface area is 171 Å². The van der Waals surface area contributed by atoms with Crippen molar-refractivity contribution in [3.63, 3.8) is 0 Å². The molecule has 7 heteroatoms. The average molecular weight is 407 g/mol. The summed E-state index contributed by atoms with van der Waals surface area (Å²) < 4.78 is 0. The van der Waals surface area contributed by atoms with Crippen molar-refractivity contribution in [3.05, 3.63) is 104 Å². The molecule has 6 nitrogen and oxygen atoms in total. The number of hydrogen-bond donors (Lipinski definition) is 1. The SMILES string of the molecule is O=C1CC(c2cccc(Cl)c2)c2cc(C(=O)c3ccc([N+](=O)[O-])cc3)ccc2N1. The number of benzene rings is 3. The predicted octanol–water partition coefficient (Wildman–Crippen LogP) is 4.95. The van der Waals surface area contributed by atoms with Crippen LogP contribution in [0.25, 0.3) is 0 Å². The van der Waals surface area contributed by atoms with Gasteiger partial charge in [-0.15, -0.1) is 0 Å². The minimum Gasteiger partial charge on any atom is -0.326 e. The van der Waals surface area contributed by atoms with Gasteiger partial charge >= 0.3 is 0 Å². The molecule has 3 aromatic carbocycles. The lowest BCUT2D eigenvalue weighted by Crippen LogP contribution is -2.24. The minimum absolute atomic E-state index is 0.0734. The number of amides is 1. The lowest BCUT2D eigenvalue weighted by Gasteiger charge is -2.26. The first kappa shape index (κ1) is 18.8. The molecule has 1 aliphatic rings. The van der Waals surface area contributed by atoms with E-state index in [4.69, 9.17) is 11.6 Å². The highest BCUT2D eigenvalue weighted by Gasteiger charge is 2.27. The molecule has 0 aromatic heterocycles. The van der Waals surface area contributed by atoms with E-state index >= 15 is 0 Å². The van der Waals surface area contributed by atoms with Crippen LogP contribution in [-0.2, 0) is 4.79 Å². The number of nitro groups is 1. The number of nitrogens with zero attached hydrogens (tertiary/aromatic N) is 1. The van der Waals surface area contributed by atoms with Crippen molar-refractivity contribution in [2.24, 2.45) is 0 Å². The molecule has 0 fully saturated rings. The lowest BCUT2D eigenvalue weighted by atomic mass is 9.83. The number of anilines is 1. The predicted molar refractivity (Wildman–Crippen MR) is 110 cm³/mol. The van der Waals surface area contributed by atoms with Crippen LogP contribution in [0, 0.1) is 10.1 Å². The summed E-state index contributed by atoms with van der Waals surface area (Å²) in [6.45, 7) is 0. The van der Waals surface area contributed by atoms with Gasteiger partial charge in [-0.25, -0.2) is 0 Å². The number of nitro benzene ring substituents is 1. The Morgan fingerprint density at radius 1 is 1.03 bits per heavy atom. The molecular formula is C22H15ClN2O4. The summed E-state index contributed by atoms with van der Waals surface area (Å²) in [7, 11) is 0. The van der Waals surface area contributed by atoms with Crippen LogP contribution >= 0.6 is 11.6 Å². The van der Waals surface area contributed by atoms with E-state index in [0.29, 0.717) is 21.8 Å². The molecule has 1 heterocycles. The molecule has 1 unspecified atom stereocenters. The zero-order valence-corrected chi connectivity index (χ0v) is 15.8. The number of rotatable bonds is 4. The maximum absolute atomic E-state index is 12.9. The fourth-order valence-electron chi connectivity index (χ4n) is 3.52. The van der Waals surface area contributed by atoms with Gasteiger partial charge < -0.3 is 5.32 Å². The Morgan fingerprint density at radius 3 is 2.45 bits per heavy atom. The van der Waals surface area contributed by atoms with Crippen molar-refractivity contribution in [3.8, 4) is 0 Å². The number of ketones is 1. The molecule has 1 aliphatic heterocycles. The van der Waals surface area contributed by atoms with Gasteiger partial charge in [0, 0.05) is 46.3 Å². The molecule has 4 rings (SSSR count). The van der Waals surface area contributed by atoms with E-state index in [1.54, 1.807) is 24.3 Å². The summed E-state index contributed by atoms with van der Waals surface area (Å²) in [5.41, 5.74) is 3.12. The Bertz CT molecular complexity index is 1140. The van der Waals surface area contributed by atoms with Gasteiger partial charge in [-0.2, -0.15) is 0 Å². The van der Waals surface area contributed by atoms with E-state index in [2.05, 4.69) is 5.32 Å². The third kappa shape index (κ3) is 3.75. The molecular weight excluding hydrogens is 392 g/mol. The summed E-state index contributed by atoms with van der Waals surface area (Å²) in [4.78, 5) is 35.4. The quantitative estimate of drug-likeness (QED) is 0.377. The van der Waals surface area contributed by atoms with Crippen LogP contribution in [-0.4, -0.2) is 16.6 Å². The Hall–Kier alpha value is -3.51. The first-order valence-corrected chi connectivity index (χ1v) is 9.28. The van der Waals surface area contributed by atoms with Crippen LogP contribution in [0.3, 0.4) is 0 Å². The molecule has 0 spiro atoms. The van der Waals surface area contributed by atoms with Crippen molar-refractivity contribution in [1.82, 2.24) is 0 Å². The van der Waals surface area contributed by atoms with Crippen LogP contribution in [0.4, 0.5) is 11.4 Å². The number of halogens is 1. The van der Waals surface area contributed by atoms with Gasteiger partial charge in [-0.1, -0.05) is 23.7 Å². The molecule has 0 radical (unpaired) electrons. The Morgan fingerprint density at radius 2 is 1.76 bits per heavy atom. The number of carbonyl (C=O) groups excluding carboxylic acids is 2. The number of non-ortho nitro benzene ring substituents is 1. The molecule has 29 heavy (non-hydrogen) atoms. The summed E-state index contributed by atoms with van der Waals surface area (Å²) in [5.74, 6) is -0.566. The van der Waals surface area contributed by atoms with Gasteiger partial charge in [0.05, 0.1) is 4.92 Å². The second-order valence-corrected chi connectivity index (χ2v) is 7.23. The van der Waals surface area contributed by atoms with Crippen LogP contribution in [0.5, 0.6) is 0 Å². The lowest BCUT2D eigenvalue weighted by molar-refractivity contribution is -0.384. The highest BCUT2D eigenvalue weighted by atomic mass is 35.5. The van der Waals surface area contributed by atoms with Crippen molar-refractivity contribution < 1.29 is 14.5 Å². The summed E-state index contributed by atoms with van der Waals surface area (Å²) in [6, 6.07) is 17.9. The van der Waals surface area contributed by atoms with Crippen LogP contribution in [0.2, 0.25) is 5.02 Å². The van der Waals surface area contributed by atoms with Crippen LogP contribution in [0.15, 0.2) is 66.7 Å². The van der Waals surface area contributed by atoms with Gasteiger partial charge in [0.25, 0.3) is 5.69 Å². The minimum atomic E-state index is -0.509. The third-order valence-corrected chi connectivity index (χ3v) is 5.18. The first-order valence-electron chi connectivity index (χ1n) is 8.91. The van der Waals surface area contributed by atoms with Crippen LogP contribution < -0.4 is 5.32 Å². The zero-order valence-electron chi connectivity index (χ0n) is 15.1. The molecule has 1 atom stereocenters. The van der Waals surface area contributed by atoms with E-state index in [9.17, 15) is 19.7 Å². The highest BCUT2D eigenvalue weighted by Crippen LogP contribution is 2.38. The Kier molecular flexibility index (Phi) is 4.86. The van der Waals surface area contributed by atoms with E-state index in [1.165, 1.54) is 24.3 Å². The van der Waals surface area contributed by atoms with E-state index < -0.39 is 4.92 Å². The fraction of sp³-hybridized carbons (Fsp3) is 0.0909. The number of fused-ring (bicyclic) bond motifs is 1. The summed E-state index contributed by atoms with van der Waals surface area (Å²) in [6.07, 6.45) is 0.252.